The monoisotopic (exact) mass is 571 g/mol. The number of ether oxygens (including phenoxy) is 1. The second-order valence-electron chi connectivity index (χ2n) is 11.6. The number of likely N-dealkylation sites (tertiary alicyclic amines) is 1. The van der Waals surface area contributed by atoms with E-state index >= 15 is 0 Å². The summed E-state index contributed by atoms with van der Waals surface area (Å²) in [7, 11) is 0. The molecule has 1 aromatic carbocycles. The van der Waals surface area contributed by atoms with Gasteiger partial charge in [-0.15, -0.1) is 5.10 Å². The Morgan fingerprint density at radius 1 is 1.02 bits per heavy atom. The molecule has 0 saturated carbocycles. The van der Waals surface area contributed by atoms with E-state index in [1.165, 1.54) is 4.52 Å². The average Bonchev–Trinajstić information content (AvgIpc) is 3.72. The minimum Gasteiger partial charge on any atom is -0.461 e. The predicted octanol–water partition coefficient (Wildman–Crippen LogP) is 3.60. The fourth-order valence-corrected chi connectivity index (χ4v) is 5.22. The third-order valence-electron chi connectivity index (χ3n) is 7.45. The van der Waals surface area contributed by atoms with Gasteiger partial charge in [-0.05, 0) is 58.2 Å². The van der Waals surface area contributed by atoms with Crippen molar-refractivity contribution in [1.29, 1.82) is 0 Å². The number of nitrogens with zero attached hydrogens (tertiary/aromatic N) is 7. The Morgan fingerprint density at radius 3 is 2.43 bits per heavy atom. The molecule has 42 heavy (non-hydrogen) atoms. The summed E-state index contributed by atoms with van der Waals surface area (Å²) in [5.41, 5.74) is 6.04. The molecule has 1 aliphatic heterocycles. The molecule has 5 aromatic rings. The zero-order chi connectivity index (χ0) is 29.6. The number of nitrogens with one attached hydrogen (secondary N) is 1. The number of benzene rings is 1. The molecule has 4 aromatic heterocycles. The number of hydrogen-bond acceptors (Lipinski definition) is 9. The van der Waals surface area contributed by atoms with Crippen LogP contribution in [0.4, 0.5) is 10.7 Å². The summed E-state index contributed by atoms with van der Waals surface area (Å²) in [6.07, 6.45) is 4.00. The number of furan rings is 1. The highest BCUT2D eigenvalue weighted by Gasteiger charge is 2.41. The molecule has 5 heterocycles. The zero-order valence-corrected chi connectivity index (χ0v) is 23.9. The summed E-state index contributed by atoms with van der Waals surface area (Å²) in [5.74, 6) is 0.683. The van der Waals surface area contributed by atoms with Crippen molar-refractivity contribution in [2.24, 2.45) is 0 Å². The molecule has 1 aliphatic rings. The minimum atomic E-state index is -1.28. The molecule has 0 aliphatic carbocycles. The van der Waals surface area contributed by atoms with Crippen molar-refractivity contribution in [3.8, 4) is 11.6 Å². The summed E-state index contributed by atoms with van der Waals surface area (Å²) in [6.45, 7) is 8.29. The highest BCUT2D eigenvalue weighted by atomic mass is 16.6. The van der Waals surface area contributed by atoms with Crippen LogP contribution >= 0.6 is 0 Å². The summed E-state index contributed by atoms with van der Waals surface area (Å²) >= 11 is 0. The van der Waals surface area contributed by atoms with Gasteiger partial charge in [0.1, 0.15) is 5.60 Å². The van der Waals surface area contributed by atoms with Gasteiger partial charge < -0.3 is 25.1 Å². The van der Waals surface area contributed by atoms with Gasteiger partial charge >= 0.3 is 6.09 Å². The van der Waals surface area contributed by atoms with Crippen LogP contribution in [0.25, 0.3) is 28.3 Å². The molecule has 1 unspecified atom stereocenters. The topological polar surface area (TPSA) is 159 Å². The second-order valence-corrected chi connectivity index (χ2v) is 11.6. The van der Waals surface area contributed by atoms with E-state index in [2.05, 4.69) is 25.5 Å². The van der Waals surface area contributed by atoms with Crippen LogP contribution in [0.5, 0.6) is 0 Å². The fourth-order valence-electron chi connectivity index (χ4n) is 5.22. The molecule has 1 atom stereocenters. The van der Waals surface area contributed by atoms with E-state index in [0.29, 0.717) is 54.2 Å². The van der Waals surface area contributed by atoms with E-state index in [1.54, 1.807) is 41.1 Å². The van der Waals surface area contributed by atoms with E-state index in [9.17, 15) is 9.59 Å². The quantitative estimate of drug-likeness (QED) is 0.321. The lowest BCUT2D eigenvalue weighted by atomic mass is 9.90. The van der Waals surface area contributed by atoms with Crippen molar-refractivity contribution >= 4 is 34.6 Å². The van der Waals surface area contributed by atoms with Crippen LogP contribution in [0.3, 0.4) is 0 Å². The highest BCUT2D eigenvalue weighted by Crippen LogP contribution is 2.32. The van der Waals surface area contributed by atoms with Gasteiger partial charge in [-0.1, -0.05) is 30.3 Å². The van der Waals surface area contributed by atoms with Crippen molar-refractivity contribution in [3.05, 3.63) is 60.5 Å². The molecular formula is C29H33N9O4. The highest BCUT2D eigenvalue weighted by molar-refractivity contribution is 5.94. The largest absolute Gasteiger partial charge is 0.461 e. The smallest absolute Gasteiger partial charge is 0.410 e. The predicted molar refractivity (Wildman–Crippen MR) is 154 cm³/mol. The Balaban J connectivity index is 1.33. The molecule has 3 N–H and O–H groups in total. The van der Waals surface area contributed by atoms with Gasteiger partial charge in [0.15, 0.2) is 22.6 Å². The molecule has 0 radical (unpaired) electrons. The Morgan fingerprint density at radius 2 is 1.76 bits per heavy atom. The molecule has 218 valence electrons. The van der Waals surface area contributed by atoms with Crippen LogP contribution in [0.1, 0.15) is 46.1 Å². The van der Waals surface area contributed by atoms with Crippen LogP contribution in [-0.2, 0) is 15.1 Å². The minimum absolute atomic E-state index is 0.0925. The first-order chi connectivity index (χ1) is 20.0. The maximum atomic E-state index is 14.2. The van der Waals surface area contributed by atoms with Gasteiger partial charge in [-0.3, -0.25) is 4.79 Å². The van der Waals surface area contributed by atoms with E-state index in [0.717, 1.165) is 5.56 Å². The van der Waals surface area contributed by atoms with Gasteiger partial charge in [-0.2, -0.15) is 14.6 Å². The summed E-state index contributed by atoms with van der Waals surface area (Å²) in [6, 6.07) is 12.8. The number of fused-ring (bicyclic) bond motifs is 3. The first kappa shape index (κ1) is 27.2. The van der Waals surface area contributed by atoms with Crippen molar-refractivity contribution in [1.82, 2.24) is 39.6 Å². The lowest BCUT2D eigenvalue weighted by Gasteiger charge is -2.36. The van der Waals surface area contributed by atoms with E-state index in [1.807, 2.05) is 51.1 Å². The van der Waals surface area contributed by atoms with Crippen molar-refractivity contribution in [3.63, 3.8) is 0 Å². The van der Waals surface area contributed by atoms with Crippen LogP contribution in [0.15, 0.2) is 59.3 Å². The number of rotatable bonds is 5. The van der Waals surface area contributed by atoms with Gasteiger partial charge in [0.25, 0.3) is 5.91 Å². The number of amides is 2. The van der Waals surface area contributed by atoms with E-state index < -0.39 is 11.1 Å². The summed E-state index contributed by atoms with van der Waals surface area (Å²) < 4.78 is 14.0. The summed E-state index contributed by atoms with van der Waals surface area (Å²) in [5, 5.41) is 12.9. The van der Waals surface area contributed by atoms with E-state index in [-0.39, 0.29) is 24.0 Å². The van der Waals surface area contributed by atoms with Crippen LogP contribution in [0.2, 0.25) is 0 Å². The number of nitrogens with two attached hydrogens (primary N) is 1. The van der Waals surface area contributed by atoms with Gasteiger partial charge in [-0.25, -0.2) is 14.5 Å². The Hall–Kier alpha value is -4.94. The Kier molecular flexibility index (Phi) is 6.59. The van der Waals surface area contributed by atoms with Gasteiger partial charge in [0.05, 0.1) is 17.8 Å². The standard InChI is InChI=1S/C29H33N9O4/c1-28(2,3)42-27(40)36-14-12-19(13-15-36)32-25(39)29(4,18-9-6-5-7-10-18)38-24-20(17-31-38)23-33-22(21-11-8-16-41-21)35-37(23)26(30)34-24/h5-11,16-17,19H,12-15H2,1-4H3,(H2,30,34)(H,32,39). The van der Waals surface area contributed by atoms with Gasteiger partial charge in [0, 0.05) is 19.1 Å². The SMILES string of the molecule is CC(C)(C)OC(=O)N1CCC(NC(=O)C(C)(c2ccccc2)n2ncc3c2nc(N)n2nc(-c4ccco4)nc32)CC1. The maximum Gasteiger partial charge on any atom is 0.410 e. The number of piperidine rings is 1. The first-order valence-electron chi connectivity index (χ1n) is 13.8. The molecule has 2 amide bonds. The fraction of sp³-hybridized carbons (Fsp3) is 0.379. The average molecular weight is 572 g/mol. The normalized spacial score (nSPS) is 16.0. The lowest BCUT2D eigenvalue weighted by molar-refractivity contribution is -0.128. The molecule has 0 spiro atoms. The number of carbonyl (C=O) groups excluding carboxylic acids is 2. The molecular weight excluding hydrogens is 538 g/mol. The maximum absolute atomic E-state index is 14.2. The second kappa shape index (κ2) is 10.2. The Bertz CT molecular complexity index is 1750. The molecule has 6 rings (SSSR count). The molecule has 1 fully saturated rings. The first-order valence-corrected chi connectivity index (χ1v) is 13.8. The van der Waals surface area contributed by atoms with Crippen molar-refractivity contribution in [2.75, 3.05) is 18.8 Å². The van der Waals surface area contributed by atoms with E-state index in [4.69, 9.17) is 14.9 Å². The number of hydrogen-bond donors (Lipinski definition) is 2. The third kappa shape index (κ3) is 4.80. The number of nitrogen functional groups attached to an aromatic ring is 1. The molecule has 13 nitrogen and oxygen atoms in total. The molecule has 0 bridgehead atoms. The lowest BCUT2D eigenvalue weighted by Crippen LogP contribution is -2.54. The molecule has 1 saturated heterocycles. The summed E-state index contributed by atoms with van der Waals surface area (Å²) in [4.78, 5) is 37.7. The van der Waals surface area contributed by atoms with Crippen molar-refractivity contribution in [2.45, 2.75) is 57.7 Å². The van der Waals surface area contributed by atoms with Crippen LogP contribution in [0, 0.1) is 0 Å². The van der Waals surface area contributed by atoms with Crippen LogP contribution in [-0.4, -0.2) is 71.0 Å². The molecule has 13 heteroatoms. The number of anilines is 1. The number of aromatic nitrogens is 6. The van der Waals surface area contributed by atoms with Crippen molar-refractivity contribution < 1.29 is 18.7 Å². The Labute approximate surface area is 241 Å². The van der Waals surface area contributed by atoms with Crippen LogP contribution < -0.4 is 11.1 Å². The zero-order valence-electron chi connectivity index (χ0n) is 23.9. The number of carbonyl (C=O) groups is 2. The third-order valence-corrected chi connectivity index (χ3v) is 7.45. The van der Waals surface area contributed by atoms with Gasteiger partial charge in [0.2, 0.25) is 11.8 Å².